The van der Waals surface area contributed by atoms with E-state index in [0.29, 0.717) is 13.1 Å². The number of nitrogens with zero attached hydrogens (tertiary/aromatic N) is 2. The summed E-state index contributed by atoms with van der Waals surface area (Å²) in [6.07, 6.45) is 0.224. The summed E-state index contributed by atoms with van der Waals surface area (Å²) in [6, 6.07) is 5.76. The van der Waals surface area contributed by atoms with Crippen molar-refractivity contribution in [2.75, 3.05) is 33.2 Å². The third kappa shape index (κ3) is 2.70. The first kappa shape index (κ1) is 15.0. The Kier molecular flexibility index (Phi) is 4.11. The Hall–Kier alpha value is -1.95. The van der Waals surface area contributed by atoms with Crippen LogP contribution >= 0.6 is 0 Å². The van der Waals surface area contributed by atoms with Crippen LogP contribution in [-0.2, 0) is 9.59 Å². The van der Waals surface area contributed by atoms with Gasteiger partial charge in [0.15, 0.2) is 0 Å². The van der Waals surface area contributed by atoms with Crippen LogP contribution < -0.4 is 5.32 Å². The van der Waals surface area contributed by atoms with E-state index in [0.717, 1.165) is 18.7 Å². The van der Waals surface area contributed by atoms with E-state index in [9.17, 15) is 14.0 Å². The van der Waals surface area contributed by atoms with Gasteiger partial charge in [-0.05, 0) is 17.7 Å². The van der Waals surface area contributed by atoms with E-state index in [1.807, 2.05) is 4.90 Å². The van der Waals surface area contributed by atoms with Crippen molar-refractivity contribution in [1.29, 1.82) is 0 Å². The average Bonchev–Trinajstić information content (AvgIpc) is 2.84. The quantitative estimate of drug-likeness (QED) is 0.878. The lowest BCUT2D eigenvalue weighted by Gasteiger charge is -2.32. The minimum Gasteiger partial charge on any atom is -0.340 e. The standard InChI is InChI=1S/C16H20FN3O2/c1-19-14(21)10-13(16(22)20-8-6-18-7-9-20)15(19)11-2-4-12(17)5-3-11/h2-5,13,15,18H,6-10H2,1H3/t13-,15-/m0/s1. The molecule has 5 nitrogen and oxygen atoms in total. The van der Waals surface area contributed by atoms with E-state index in [4.69, 9.17) is 0 Å². The molecule has 2 atom stereocenters. The van der Waals surface area contributed by atoms with Crippen molar-refractivity contribution in [2.45, 2.75) is 12.5 Å². The molecular weight excluding hydrogens is 285 g/mol. The van der Waals surface area contributed by atoms with E-state index in [2.05, 4.69) is 5.32 Å². The summed E-state index contributed by atoms with van der Waals surface area (Å²) < 4.78 is 13.1. The van der Waals surface area contributed by atoms with Gasteiger partial charge in [-0.25, -0.2) is 4.39 Å². The highest BCUT2D eigenvalue weighted by Gasteiger charge is 2.44. The van der Waals surface area contributed by atoms with Gasteiger partial charge in [0.05, 0.1) is 12.0 Å². The zero-order valence-electron chi connectivity index (χ0n) is 12.6. The van der Waals surface area contributed by atoms with Crippen LogP contribution in [0.3, 0.4) is 0 Å². The molecule has 0 radical (unpaired) electrons. The van der Waals surface area contributed by atoms with Crippen LogP contribution in [0.1, 0.15) is 18.0 Å². The van der Waals surface area contributed by atoms with Crippen molar-refractivity contribution in [3.8, 4) is 0 Å². The fourth-order valence-corrected chi connectivity index (χ4v) is 3.33. The average molecular weight is 305 g/mol. The summed E-state index contributed by atoms with van der Waals surface area (Å²) in [5.74, 6) is -0.724. The van der Waals surface area contributed by atoms with Crippen LogP contribution in [0.15, 0.2) is 24.3 Å². The second-order valence-corrected chi connectivity index (χ2v) is 5.89. The molecule has 2 fully saturated rings. The van der Waals surface area contributed by atoms with Crippen LogP contribution in [-0.4, -0.2) is 54.8 Å². The van der Waals surface area contributed by atoms with E-state index in [1.165, 1.54) is 12.1 Å². The van der Waals surface area contributed by atoms with Gasteiger partial charge in [0.2, 0.25) is 11.8 Å². The molecule has 0 spiro atoms. The Morgan fingerprint density at radius 1 is 1.23 bits per heavy atom. The van der Waals surface area contributed by atoms with Crippen molar-refractivity contribution >= 4 is 11.8 Å². The number of benzene rings is 1. The number of carbonyl (C=O) groups is 2. The summed E-state index contributed by atoms with van der Waals surface area (Å²) in [5.41, 5.74) is 0.809. The van der Waals surface area contributed by atoms with E-state index >= 15 is 0 Å². The number of amides is 2. The van der Waals surface area contributed by atoms with E-state index < -0.39 is 0 Å². The topological polar surface area (TPSA) is 52.7 Å². The van der Waals surface area contributed by atoms with Gasteiger partial charge in [0, 0.05) is 39.6 Å². The second-order valence-electron chi connectivity index (χ2n) is 5.89. The maximum atomic E-state index is 13.1. The Morgan fingerprint density at radius 3 is 2.50 bits per heavy atom. The third-order valence-electron chi connectivity index (χ3n) is 4.54. The first-order valence-corrected chi connectivity index (χ1v) is 7.58. The van der Waals surface area contributed by atoms with E-state index in [-0.39, 0.29) is 36.0 Å². The molecule has 2 aliphatic heterocycles. The second kappa shape index (κ2) is 6.04. The van der Waals surface area contributed by atoms with Crippen molar-refractivity contribution in [1.82, 2.24) is 15.1 Å². The molecule has 2 saturated heterocycles. The predicted octanol–water partition coefficient (Wildman–Crippen LogP) is 0.777. The zero-order chi connectivity index (χ0) is 15.7. The van der Waals surface area contributed by atoms with Gasteiger partial charge < -0.3 is 15.1 Å². The molecule has 0 unspecified atom stereocenters. The zero-order valence-corrected chi connectivity index (χ0v) is 12.6. The largest absolute Gasteiger partial charge is 0.340 e. The molecule has 0 aliphatic carbocycles. The fraction of sp³-hybridized carbons (Fsp3) is 0.500. The molecule has 3 rings (SSSR count). The minimum atomic E-state index is -0.388. The lowest BCUT2D eigenvalue weighted by atomic mass is 9.92. The highest BCUT2D eigenvalue weighted by molar-refractivity contribution is 5.90. The summed E-state index contributed by atoms with van der Waals surface area (Å²) in [7, 11) is 1.71. The highest BCUT2D eigenvalue weighted by Crippen LogP contribution is 2.38. The van der Waals surface area contributed by atoms with Gasteiger partial charge in [-0.2, -0.15) is 0 Å². The molecule has 1 aromatic carbocycles. The molecule has 0 aromatic heterocycles. The van der Waals surface area contributed by atoms with Crippen molar-refractivity contribution in [3.63, 3.8) is 0 Å². The van der Waals surface area contributed by atoms with Gasteiger partial charge >= 0.3 is 0 Å². The number of rotatable bonds is 2. The predicted molar refractivity (Wildman–Crippen MR) is 79.5 cm³/mol. The fourth-order valence-electron chi connectivity index (χ4n) is 3.33. The Balaban J connectivity index is 1.86. The first-order valence-electron chi connectivity index (χ1n) is 7.58. The van der Waals surface area contributed by atoms with Gasteiger partial charge in [0.25, 0.3) is 0 Å². The number of hydrogen-bond acceptors (Lipinski definition) is 3. The van der Waals surface area contributed by atoms with Crippen molar-refractivity contribution in [2.24, 2.45) is 5.92 Å². The Labute approximate surface area is 129 Å². The number of halogens is 1. The van der Waals surface area contributed by atoms with Crippen molar-refractivity contribution < 1.29 is 14.0 Å². The smallest absolute Gasteiger partial charge is 0.228 e. The molecule has 0 bridgehead atoms. The lowest BCUT2D eigenvalue weighted by Crippen LogP contribution is -2.49. The Morgan fingerprint density at radius 2 is 1.86 bits per heavy atom. The summed E-state index contributed by atoms with van der Waals surface area (Å²) in [6.45, 7) is 2.90. The molecule has 0 saturated carbocycles. The molecule has 1 aromatic rings. The molecule has 6 heteroatoms. The molecule has 2 amide bonds. The third-order valence-corrected chi connectivity index (χ3v) is 4.54. The molecular formula is C16H20FN3O2. The molecule has 22 heavy (non-hydrogen) atoms. The molecule has 1 N–H and O–H groups in total. The van der Waals surface area contributed by atoms with E-state index in [1.54, 1.807) is 24.1 Å². The number of hydrogen-bond donors (Lipinski definition) is 1. The first-order chi connectivity index (χ1) is 10.6. The lowest BCUT2D eigenvalue weighted by molar-refractivity contribution is -0.137. The van der Waals surface area contributed by atoms with Crippen LogP contribution in [0, 0.1) is 11.7 Å². The molecule has 118 valence electrons. The monoisotopic (exact) mass is 305 g/mol. The Bertz CT molecular complexity index is 569. The summed E-state index contributed by atoms with van der Waals surface area (Å²) in [5, 5.41) is 3.21. The number of carbonyl (C=O) groups excluding carboxylic acids is 2. The van der Waals surface area contributed by atoms with Gasteiger partial charge in [0.1, 0.15) is 5.82 Å². The van der Waals surface area contributed by atoms with Gasteiger partial charge in [-0.1, -0.05) is 12.1 Å². The normalized spacial score (nSPS) is 25.6. The molecule has 2 heterocycles. The van der Waals surface area contributed by atoms with Crippen molar-refractivity contribution in [3.05, 3.63) is 35.6 Å². The van der Waals surface area contributed by atoms with Crippen LogP contribution in [0.25, 0.3) is 0 Å². The summed E-state index contributed by atoms with van der Waals surface area (Å²) in [4.78, 5) is 28.3. The van der Waals surface area contributed by atoms with Crippen LogP contribution in [0.5, 0.6) is 0 Å². The molecule has 2 aliphatic rings. The summed E-state index contributed by atoms with van der Waals surface area (Å²) >= 11 is 0. The highest BCUT2D eigenvalue weighted by atomic mass is 19.1. The van der Waals surface area contributed by atoms with Crippen LogP contribution in [0.4, 0.5) is 4.39 Å². The number of piperazine rings is 1. The maximum absolute atomic E-state index is 13.1. The SMILES string of the molecule is CN1C(=O)C[C@H](C(=O)N2CCNCC2)[C@@H]1c1ccc(F)cc1. The minimum absolute atomic E-state index is 0.0218. The van der Waals surface area contributed by atoms with Gasteiger partial charge in [-0.3, -0.25) is 9.59 Å². The van der Waals surface area contributed by atoms with Crippen LogP contribution in [0.2, 0.25) is 0 Å². The number of nitrogens with one attached hydrogen (secondary N) is 1. The van der Waals surface area contributed by atoms with Gasteiger partial charge in [-0.15, -0.1) is 0 Å². The maximum Gasteiger partial charge on any atom is 0.228 e. The number of likely N-dealkylation sites (tertiary alicyclic amines) is 1.